The van der Waals surface area contributed by atoms with E-state index in [4.69, 9.17) is 18.0 Å². The maximum absolute atomic E-state index is 12.6. The van der Waals surface area contributed by atoms with Gasteiger partial charge in [-0.3, -0.25) is 9.59 Å². The second-order valence-corrected chi connectivity index (χ2v) is 5.70. The van der Waals surface area contributed by atoms with Crippen LogP contribution < -0.4 is 5.73 Å². The molecule has 0 spiro atoms. The van der Waals surface area contributed by atoms with Crippen LogP contribution in [0.4, 0.5) is 0 Å². The molecule has 0 aromatic carbocycles. The smallest absolute Gasteiger partial charge is 0.310 e. The largest absolute Gasteiger partial charge is 0.469 e. The number of carbonyl (C=O) groups excluding carboxylic acids is 2. The molecule has 6 heteroatoms. The van der Waals surface area contributed by atoms with Gasteiger partial charge in [0, 0.05) is 13.6 Å². The van der Waals surface area contributed by atoms with Crippen LogP contribution in [-0.4, -0.2) is 42.5 Å². The van der Waals surface area contributed by atoms with Gasteiger partial charge in [-0.15, -0.1) is 0 Å². The third kappa shape index (κ3) is 3.23. The van der Waals surface area contributed by atoms with Gasteiger partial charge >= 0.3 is 5.97 Å². The lowest BCUT2D eigenvalue weighted by Gasteiger charge is -2.32. The van der Waals surface area contributed by atoms with Crippen LogP contribution in [0.5, 0.6) is 0 Å². The van der Waals surface area contributed by atoms with Crippen molar-refractivity contribution < 1.29 is 14.3 Å². The van der Waals surface area contributed by atoms with Gasteiger partial charge in [0.1, 0.15) is 0 Å². The highest BCUT2D eigenvalue weighted by molar-refractivity contribution is 7.80. The maximum atomic E-state index is 12.6. The fourth-order valence-corrected chi connectivity index (χ4v) is 2.97. The molecule has 0 aromatic rings. The zero-order valence-electron chi connectivity index (χ0n) is 11.8. The molecule has 1 aliphatic carbocycles. The Morgan fingerprint density at radius 2 is 1.95 bits per heavy atom. The Kier molecular flexibility index (Phi) is 5.29. The Hall–Kier alpha value is -1.17. The van der Waals surface area contributed by atoms with Crippen molar-refractivity contribution in [3.63, 3.8) is 0 Å². The summed E-state index contributed by atoms with van der Waals surface area (Å²) in [6, 6.07) is 0. The van der Waals surface area contributed by atoms with Crippen molar-refractivity contribution in [2.75, 3.05) is 20.7 Å². The first-order chi connectivity index (χ1) is 8.85. The highest BCUT2D eigenvalue weighted by atomic mass is 32.1. The third-order valence-corrected chi connectivity index (χ3v) is 4.23. The number of hydrogen-bond acceptors (Lipinski definition) is 4. The predicted octanol–water partition coefficient (Wildman–Crippen LogP) is 1.10. The van der Waals surface area contributed by atoms with Gasteiger partial charge in [0.15, 0.2) is 0 Å². The lowest BCUT2D eigenvalue weighted by molar-refractivity contribution is -0.147. The quantitative estimate of drug-likeness (QED) is 0.605. The van der Waals surface area contributed by atoms with E-state index in [1.54, 1.807) is 18.9 Å². The maximum Gasteiger partial charge on any atom is 0.310 e. The predicted molar refractivity (Wildman–Crippen MR) is 76.5 cm³/mol. The van der Waals surface area contributed by atoms with Crippen molar-refractivity contribution in [3.05, 3.63) is 0 Å². The minimum absolute atomic E-state index is 0.0757. The van der Waals surface area contributed by atoms with Crippen molar-refractivity contribution in [3.8, 4) is 0 Å². The van der Waals surface area contributed by atoms with Gasteiger partial charge < -0.3 is 15.4 Å². The molecule has 0 radical (unpaired) electrons. The average Bonchev–Trinajstić information content (AvgIpc) is 2.87. The Morgan fingerprint density at radius 1 is 1.42 bits per heavy atom. The van der Waals surface area contributed by atoms with Crippen LogP contribution in [-0.2, 0) is 14.3 Å². The number of rotatable bonds is 5. The zero-order chi connectivity index (χ0) is 14.6. The van der Waals surface area contributed by atoms with E-state index in [-0.39, 0.29) is 22.8 Å². The van der Waals surface area contributed by atoms with Gasteiger partial charge in [0.2, 0.25) is 5.91 Å². The van der Waals surface area contributed by atoms with Crippen molar-refractivity contribution in [1.29, 1.82) is 0 Å². The van der Waals surface area contributed by atoms with E-state index < -0.39 is 5.41 Å². The summed E-state index contributed by atoms with van der Waals surface area (Å²) in [5.41, 5.74) is 5.07. The fourth-order valence-electron chi connectivity index (χ4n) is 2.68. The van der Waals surface area contributed by atoms with Gasteiger partial charge in [-0.2, -0.15) is 0 Å². The van der Waals surface area contributed by atoms with E-state index in [1.165, 1.54) is 7.11 Å². The molecule has 108 valence electrons. The summed E-state index contributed by atoms with van der Waals surface area (Å²) in [5, 5.41) is 0. The van der Waals surface area contributed by atoms with Crippen LogP contribution in [0.3, 0.4) is 0 Å². The summed E-state index contributed by atoms with van der Waals surface area (Å²) >= 11 is 5.09. The molecular formula is C13H22N2O3S. The number of thiocarbonyl (C=S) groups is 1. The Labute approximate surface area is 119 Å². The van der Waals surface area contributed by atoms with Crippen molar-refractivity contribution in [2.24, 2.45) is 17.1 Å². The number of methoxy groups -OCH3 is 1. The molecule has 1 atom stereocenters. The fraction of sp³-hybridized carbons (Fsp3) is 0.769. The first-order valence-corrected chi connectivity index (χ1v) is 6.89. The monoisotopic (exact) mass is 286 g/mol. The van der Waals surface area contributed by atoms with E-state index in [1.807, 2.05) is 0 Å². The summed E-state index contributed by atoms with van der Waals surface area (Å²) in [6.45, 7) is 2.05. The third-order valence-electron chi connectivity index (χ3n) is 3.84. The van der Waals surface area contributed by atoms with Crippen LogP contribution >= 0.6 is 12.2 Å². The van der Waals surface area contributed by atoms with Gasteiger partial charge in [-0.05, 0) is 12.8 Å². The molecule has 5 nitrogen and oxygen atoms in total. The molecule has 2 N–H and O–H groups in total. The van der Waals surface area contributed by atoms with Crippen LogP contribution in [0.2, 0.25) is 0 Å². The van der Waals surface area contributed by atoms with Crippen LogP contribution in [0.15, 0.2) is 0 Å². The van der Waals surface area contributed by atoms with E-state index in [9.17, 15) is 9.59 Å². The molecule has 1 rings (SSSR count). The minimum Gasteiger partial charge on any atom is -0.469 e. The Balaban J connectivity index is 2.75. The summed E-state index contributed by atoms with van der Waals surface area (Å²) in [7, 11) is 3.02. The molecule has 0 saturated heterocycles. The molecule has 0 bridgehead atoms. The normalized spacial score (nSPS) is 18.7. The summed E-state index contributed by atoms with van der Waals surface area (Å²) in [6.07, 6.45) is 3.34. The molecule has 0 heterocycles. The standard InChI is InChI=1S/C13H22N2O3S/c1-9(10(16)18-3)8-15(2)12(17)13(11(14)19)6-4-5-7-13/h9H,4-8H2,1-3H3,(H2,14,19). The van der Waals surface area contributed by atoms with E-state index >= 15 is 0 Å². The average molecular weight is 286 g/mol. The molecule has 1 saturated carbocycles. The molecule has 1 unspecified atom stereocenters. The van der Waals surface area contributed by atoms with E-state index in [0.29, 0.717) is 19.4 Å². The number of amides is 1. The van der Waals surface area contributed by atoms with Gasteiger partial charge in [-0.25, -0.2) is 0 Å². The molecule has 1 amide bonds. The first-order valence-electron chi connectivity index (χ1n) is 6.48. The first kappa shape index (κ1) is 15.9. The minimum atomic E-state index is -0.708. The second-order valence-electron chi connectivity index (χ2n) is 5.26. The molecular weight excluding hydrogens is 264 g/mol. The van der Waals surface area contributed by atoms with E-state index in [0.717, 1.165) is 12.8 Å². The number of ether oxygens (including phenoxy) is 1. The van der Waals surface area contributed by atoms with Crippen molar-refractivity contribution in [1.82, 2.24) is 4.90 Å². The number of nitrogens with two attached hydrogens (primary N) is 1. The highest BCUT2D eigenvalue weighted by Gasteiger charge is 2.45. The van der Waals surface area contributed by atoms with Gasteiger partial charge in [0.25, 0.3) is 0 Å². The molecule has 19 heavy (non-hydrogen) atoms. The number of hydrogen-bond donors (Lipinski definition) is 1. The topological polar surface area (TPSA) is 72.6 Å². The lowest BCUT2D eigenvalue weighted by Crippen LogP contribution is -2.49. The Bertz CT molecular complexity index is 378. The summed E-state index contributed by atoms with van der Waals surface area (Å²) in [4.78, 5) is 25.8. The second kappa shape index (κ2) is 6.32. The lowest BCUT2D eigenvalue weighted by atomic mass is 9.84. The molecule has 1 aliphatic rings. The van der Waals surface area contributed by atoms with Gasteiger partial charge in [-0.1, -0.05) is 32.0 Å². The van der Waals surface area contributed by atoms with Crippen LogP contribution in [0.25, 0.3) is 0 Å². The van der Waals surface area contributed by atoms with Crippen LogP contribution in [0.1, 0.15) is 32.6 Å². The number of nitrogens with zero attached hydrogens (tertiary/aromatic N) is 1. The Morgan fingerprint density at radius 3 is 2.37 bits per heavy atom. The molecule has 0 aromatic heterocycles. The molecule has 0 aliphatic heterocycles. The number of esters is 1. The summed E-state index contributed by atoms with van der Waals surface area (Å²) in [5.74, 6) is -0.757. The van der Waals surface area contributed by atoms with E-state index in [2.05, 4.69) is 4.74 Å². The SMILES string of the molecule is COC(=O)C(C)CN(C)C(=O)C1(C(N)=S)CCCC1. The number of carbonyl (C=O) groups is 2. The van der Waals surface area contributed by atoms with Crippen LogP contribution in [0, 0.1) is 11.3 Å². The van der Waals surface area contributed by atoms with Crippen molar-refractivity contribution in [2.45, 2.75) is 32.6 Å². The van der Waals surface area contributed by atoms with Gasteiger partial charge in [0.05, 0.1) is 23.4 Å². The molecule has 1 fully saturated rings. The van der Waals surface area contributed by atoms with Crippen molar-refractivity contribution >= 4 is 29.1 Å². The summed E-state index contributed by atoms with van der Waals surface area (Å²) < 4.78 is 4.66. The highest BCUT2D eigenvalue weighted by Crippen LogP contribution is 2.40. The zero-order valence-corrected chi connectivity index (χ0v) is 12.6.